The zero-order valence-electron chi connectivity index (χ0n) is 14.5. The van der Waals surface area contributed by atoms with Crippen molar-refractivity contribution >= 4 is 17.4 Å². The van der Waals surface area contributed by atoms with E-state index in [0.717, 1.165) is 36.9 Å². The van der Waals surface area contributed by atoms with Crippen LogP contribution < -0.4 is 16.0 Å². The molecular formula is C20H26N4O. The first-order valence-corrected chi connectivity index (χ1v) is 8.99. The molecule has 1 aliphatic heterocycles. The Balaban J connectivity index is 1.50. The minimum atomic E-state index is -0.0706. The van der Waals surface area contributed by atoms with Gasteiger partial charge in [0.25, 0.3) is 0 Å². The zero-order valence-corrected chi connectivity index (χ0v) is 14.5. The van der Waals surface area contributed by atoms with Gasteiger partial charge in [-0.25, -0.2) is 4.98 Å². The summed E-state index contributed by atoms with van der Waals surface area (Å²) < 4.78 is 0. The molecule has 2 aromatic rings. The van der Waals surface area contributed by atoms with E-state index < -0.39 is 0 Å². The number of rotatable bonds is 6. The Hall–Kier alpha value is -2.40. The molecule has 3 rings (SSSR count). The SMILES string of the molecule is NCCC(=O)Nc1ccc(N2CCC(Cc3ccccc3)CC2)nc1. The van der Waals surface area contributed by atoms with Gasteiger partial charge in [0.1, 0.15) is 5.82 Å². The fourth-order valence-corrected chi connectivity index (χ4v) is 3.32. The third-order valence-electron chi connectivity index (χ3n) is 4.71. The molecule has 5 heteroatoms. The summed E-state index contributed by atoms with van der Waals surface area (Å²) in [6, 6.07) is 14.6. The molecule has 0 unspecified atom stereocenters. The van der Waals surface area contributed by atoms with Gasteiger partial charge in [-0.1, -0.05) is 30.3 Å². The molecule has 5 nitrogen and oxygen atoms in total. The number of amides is 1. The lowest BCUT2D eigenvalue weighted by Crippen LogP contribution is -2.34. The number of aromatic nitrogens is 1. The van der Waals surface area contributed by atoms with E-state index >= 15 is 0 Å². The van der Waals surface area contributed by atoms with E-state index in [1.807, 2.05) is 12.1 Å². The summed E-state index contributed by atoms with van der Waals surface area (Å²) in [6.45, 7) is 2.42. The second-order valence-corrected chi connectivity index (χ2v) is 6.61. The Morgan fingerprint density at radius 2 is 1.92 bits per heavy atom. The molecule has 1 aromatic carbocycles. The predicted molar refractivity (Wildman–Crippen MR) is 102 cm³/mol. The van der Waals surface area contributed by atoms with E-state index in [1.165, 1.54) is 18.4 Å². The molecule has 1 fully saturated rings. The Morgan fingerprint density at radius 1 is 1.16 bits per heavy atom. The number of anilines is 2. The third kappa shape index (κ3) is 5.03. The average Bonchev–Trinajstić information content (AvgIpc) is 2.64. The van der Waals surface area contributed by atoms with Crippen LogP contribution in [0.4, 0.5) is 11.5 Å². The van der Waals surface area contributed by atoms with Crippen molar-refractivity contribution in [3.8, 4) is 0 Å². The van der Waals surface area contributed by atoms with Crippen LogP contribution >= 0.6 is 0 Å². The predicted octanol–water partition coefficient (Wildman–Crippen LogP) is 2.83. The van der Waals surface area contributed by atoms with Crippen LogP contribution in [0.15, 0.2) is 48.7 Å². The highest BCUT2D eigenvalue weighted by Gasteiger charge is 2.20. The lowest BCUT2D eigenvalue weighted by atomic mass is 9.90. The Morgan fingerprint density at radius 3 is 2.56 bits per heavy atom. The van der Waals surface area contributed by atoms with Crippen LogP contribution in [-0.4, -0.2) is 30.5 Å². The van der Waals surface area contributed by atoms with Gasteiger partial charge in [0.2, 0.25) is 5.91 Å². The molecule has 0 saturated carbocycles. The number of piperidine rings is 1. The molecule has 1 aromatic heterocycles. The number of nitrogens with one attached hydrogen (secondary N) is 1. The van der Waals surface area contributed by atoms with Gasteiger partial charge in [0, 0.05) is 26.1 Å². The van der Waals surface area contributed by atoms with Crippen LogP contribution in [0.1, 0.15) is 24.8 Å². The molecule has 3 N–H and O–H groups in total. The van der Waals surface area contributed by atoms with E-state index in [0.29, 0.717) is 13.0 Å². The number of benzene rings is 1. The van der Waals surface area contributed by atoms with Crippen LogP contribution in [0.2, 0.25) is 0 Å². The molecule has 132 valence electrons. The van der Waals surface area contributed by atoms with Crippen LogP contribution in [0, 0.1) is 5.92 Å². The largest absolute Gasteiger partial charge is 0.357 e. The molecule has 0 spiro atoms. The molecule has 1 aliphatic rings. The standard InChI is InChI=1S/C20H26N4O/c21-11-8-20(25)23-18-6-7-19(22-15-18)24-12-9-17(10-13-24)14-16-4-2-1-3-5-16/h1-7,15,17H,8-14,21H2,(H,23,25). The maximum absolute atomic E-state index is 11.6. The summed E-state index contributed by atoms with van der Waals surface area (Å²) in [6.07, 6.45) is 5.59. The maximum atomic E-state index is 11.6. The van der Waals surface area contributed by atoms with Gasteiger partial charge in [-0.15, -0.1) is 0 Å². The maximum Gasteiger partial charge on any atom is 0.225 e. The first kappa shape index (κ1) is 17.4. The summed E-state index contributed by atoms with van der Waals surface area (Å²) in [5.41, 5.74) is 7.53. The molecule has 0 bridgehead atoms. The first-order valence-electron chi connectivity index (χ1n) is 8.99. The summed E-state index contributed by atoms with van der Waals surface area (Å²) >= 11 is 0. The Kier molecular flexibility index (Phi) is 6.01. The van der Waals surface area contributed by atoms with Crippen LogP contribution in [0.5, 0.6) is 0 Å². The van der Waals surface area contributed by atoms with Crippen molar-refractivity contribution in [1.29, 1.82) is 0 Å². The van der Waals surface area contributed by atoms with E-state index in [9.17, 15) is 4.79 Å². The summed E-state index contributed by atoms with van der Waals surface area (Å²) in [5, 5.41) is 2.81. The molecule has 1 amide bonds. The average molecular weight is 338 g/mol. The van der Waals surface area contributed by atoms with E-state index in [2.05, 4.69) is 45.5 Å². The minimum absolute atomic E-state index is 0.0706. The number of hydrogen-bond donors (Lipinski definition) is 2. The second kappa shape index (κ2) is 8.62. The Bertz CT molecular complexity index is 664. The summed E-state index contributed by atoms with van der Waals surface area (Å²) in [5.74, 6) is 1.65. The van der Waals surface area contributed by atoms with Crippen molar-refractivity contribution in [2.75, 3.05) is 29.9 Å². The lowest BCUT2D eigenvalue weighted by Gasteiger charge is -2.33. The number of carbonyl (C=O) groups is 1. The molecule has 2 heterocycles. The summed E-state index contributed by atoms with van der Waals surface area (Å²) in [7, 11) is 0. The molecule has 0 atom stereocenters. The quantitative estimate of drug-likeness (QED) is 0.850. The topological polar surface area (TPSA) is 71.2 Å². The fourth-order valence-electron chi connectivity index (χ4n) is 3.32. The highest BCUT2D eigenvalue weighted by Crippen LogP contribution is 2.25. The van der Waals surface area contributed by atoms with E-state index in [-0.39, 0.29) is 5.91 Å². The number of hydrogen-bond acceptors (Lipinski definition) is 4. The van der Waals surface area contributed by atoms with Crippen molar-refractivity contribution in [1.82, 2.24) is 4.98 Å². The van der Waals surface area contributed by atoms with Crippen molar-refractivity contribution in [3.63, 3.8) is 0 Å². The first-order chi connectivity index (χ1) is 12.2. The summed E-state index contributed by atoms with van der Waals surface area (Å²) in [4.78, 5) is 18.4. The molecule has 1 saturated heterocycles. The minimum Gasteiger partial charge on any atom is -0.357 e. The fraction of sp³-hybridized carbons (Fsp3) is 0.400. The Labute approximate surface area is 149 Å². The molecule has 25 heavy (non-hydrogen) atoms. The van der Waals surface area contributed by atoms with E-state index in [1.54, 1.807) is 6.20 Å². The van der Waals surface area contributed by atoms with Gasteiger partial charge in [0.05, 0.1) is 11.9 Å². The van der Waals surface area contributed by atoms with Gasteiger partial charge in [0.15, 0.2) is 0 Å². The van der Waals surface area contributed by atoms with Crippen molar-refractivity contribution in [2.45, 2.75) is 25.7 Å². The second-order valence-electron chi connectivity index (χ2n) is 6.61. The van der Waals surface area contributed by atoms with Crippen LogP contribution in [0.3, 0.4) is 0 Å². The molecule has 0 aliphatic carbocycles. The highest BCUT2D eigenvalue weighted by atomic mass is 16.1. The zero-order chi connectivity index (χ0) is 17.5. The smallest absolute Gasteiger partial charge is 0.225 e. The van der Waals surface area contributed by atoms with Gasteiger partial charge < -0.3 is 16.0 Å². The van der Waals surface area contributed by atoms with Crippen LogP contribution in [0.25, 0.3) is 0 Å². The van der Waals surface area contributed by atoms with Gasteiger partial charge in [-0.05, 0) is 42.9 Å². The number of nitrogens with two attached hydrogens (primary N) is 1. The normalized spacial score (nSPS) is 15.2. The highest BCUT2D eigenvalue weighted by molar-refractivity contribution is 5.90. The van der Waals surface area contributed by atoms with Crippen molar-refractivity contribution in [2.24, 2.45) is 11.7 Å². The van der Waals surface area contributed by atoms with Gasteiger partial charge in [-0.3, -0.25) is 4.79 Å². The van der Waals surface area contributed by atoms with Gasteiger partial charge in [-0.2, -0.15) is 0 Å². The number of carbonyl (C=O) groups excluding carboxylic acids is 1. The monoisotopic (exact) mass is 338 g/mol. The third-order valence-corrected chi connectivity index (χ3v) is 4.71. The van der Waals surface area contributed by atoms with Gasteiger partial charge >= 0.3 is 0 Å². The number of nitrogens with zero attached hydrogens (tertiary/aromatic N) is 2. The molecule has 0 radical (unpaired) electrons. The molecular weight excluding hydrogens is 312 g/mol. The lowest BCUT2D eigenvalue weighted by molar-refractivity contribution is -0.116. The van der Waals surface area contributed by atoms with E-state index in [4.69, 9.17) is 5.73 Å². The van der Waals surface area contributed by atoms with Crippen LogP contribution in [-0.2, 0) is 11.2 Å². The van der Waals surface area contributed by atoms with Crippen molar-refractivity contribution in [3.05, 3.63) is 54.2 Å². The van der Waals surface area contributed by atoms with Crippen molar-refractivity contribution < 1.29 is 4.79 Å². The number of pyridine rings is 1.